The molecule has 0 bridgehead atoms. The van der Waals surface area contributed by atoms with Gasteiger partial charge in [-0.05, 0) is 41.0 Å². The van der Waals surface area contributed by atoms with Crippen molar-refractivity contribution in [3.63, 3.8) is 0 Å². The maximum Gasteiger partial charge on any atom is 0.335 e. The number of ether oxygens (including phenoxy) is 2. The Labute approximate surface area is 145 Å². The van der Waals surface area contributed by atoms with E-state index < -0.39 is 12.0 Å². The molecule has 2 aromatic carbocycles. The molecule has 0 radical (unpaired) electrons. The number of benzene rings is 2. The maximum atomic E-state index is 12.2. The zero-order valence-electron chi connectivity index (χ0n) is 13.8. The third kappa shape index (κ3) is 3.80. The Morgan fingerprint density at radius 3 is 2.68 bits per heavy atom. The van der Waals surface area contributed by atoms with Crippen molar-refractivity contribution in [2.45, 2.75) is 19.0 Å². The lowest BCUT2D eigenvalue weighted by atomic mass is 10.0. The largest absolute Gasteiger partial charge is 0.493 e. The van der Waals surface area contributed by atoms with Gasteiger partial charge in [-0.25, -0.2) is 9.59 Å². The van der Waals surface area contributed by atoms with Crippen molar-refractivity contribution >= 4 is 11.9 Å². The molecule has 25 heavy (non-hydrogen) atoms. The minimum Gasteiger partial charge on any atom is -0.493 e. The van der Waals surface area contributed by atoms with Gasteiger partial charge in [-0.15, -0.1) is 0 Å². The Balaban J connectivity index is 1.75. The number of aromatic carboxylic acids is 1. The van der Waals surface area contributed by atoms with E-state index in [2.05, 4.69) is 5.32 Å². The summed E-state index contributed by atoms with van der Waals surface area (Å²) < 4.78 is 10.4. The summed E-state index contributed by atoms with van der Waals surface area (Å²) in [6.07, 6.45) is 0.827. The minimum absolute atomic E-state index is 0.229. The third-order valence-electron chi connectivity index (χ3n) is 4.19. The number of carbonyl (C=O) groups is 2. The van der Waals surface area contributed by atoms with Gasteiger partial charge in [0, 0.05) is 13.0 Å². The van der Waals surface area contributed by atoms with Gasteiger partial charge in [-0.2, -0.15) is 0 Å². The van der Waals surface area contributed by atoms with Crippen LogP contribution in [0.1, 0.15) is 33.1 Å². The Kier molecular flexibility index (Phi) is 5.00. The van der Waals surface area contributed by atoms with E-state index in [1.54, 1.807) is 24.3 Å². The summed E-state index contributed by atoms with van der Waals surface area (Å²) in [6.45, 7) is 1.07. The van der Waals surface area contributed by atoms with Crippen LogP contribution in [0.2, 0.25) is 0 Å². The van der Waals surface area contributed by atoms with Crippen molar-refractivity contribution < 1.29 is 24.2 Å². The molecule has 0 saturated heterocycles. The molecule has 0 fully saturated rings. The van der Waals surface area contributed by atoms with Crippen LogP contribution < -0.4 is 10.1 Å². The van der Waals surface area contributed by atoms with Gasteiger partial charge in [0.25, 0.3) is 0 Å². The van der Waals surface area contributed by atoms with Crippen LogP contribution in [0.25, 0.3) is 0 Å². The van der Waals surface area contributed by atoms with Gasteiger partial charge >= 0.3 is 11.9 Å². The number of carboxylic acids is 1. The monoisotopic (exact) mass is 341 g/mol. The van der Waals surface area contributed by atoms with Gasteiger partial charge in [0.15, 0.2) is 0 Å². The van der Waals surface area contributed by atoms with Gasteiger partial charge < -0.3 is 14.6 Å². The zero-order chi connectivity index (χ0) is 17.8. The smallest absolute Gasteiger partial charge is 0.335 e. The third-order valence-corrected chi connectivity index (χ3v) is 4.19. The van der Waals surface area contributed by atoms with E-state index in [0.717, 1.165) is 28.9 Å². The molecule has 0 saturated carbocycles. The molecule has 2 aromatic rings. The van der Waals surface area contributed by atoms with E-state index in [0.29, 0.717) is 13.2 Å². The average Bonchev–Trinajstić information content (AvgIpc) is 3.10. The zero-order valence-corrected chi connectivity index (χ0v) is 13.8. The van der Waals surface area contributed by atoms with Crippen molar-refractivity contribution in [1.82, 2.24) is 5.32 Å². The van der Waals surface area contributed by atoms with Crippen molar-refractivity contribution in [2.24, 2.45) is 0 Å². The van der Waals surface area contributed by atoms with Crippen LogP contribution in [0.3, 0.4) is 0 Å². The number of carbonyl (C=O) groups excluding carboxylic acids is 1. The number of rotatable bonds is 6. The number of carboxylic acid groups (broad SMARTS) is 1. The van der Waals surface area contributed by atoms with Gasteiger partial charge in [-0.3, -0.25) is 5.32 Å². The summed E-state index contributed by atoms with van der Waals surface area (Å²) in [5.74, 6) is -0.482. The molecule has 3 rings (SSSR count). The molecular formula is C19H19NO5. The molecule has 1 aliphatic heterocycles. The van der Waals surface area contributed by atoms with Crippen LogP contribution in [-0.4, -0.2) is 30.8 Å². The lowest BCUT2D eigenvalue weighted by Gasteiger charge is -2.18. The molecule has 1 atom stereocenters. The van der Waals surface area contributed by atoms with E-state index in [1.165, 1.54) is 7.11 Å². The lowest BCUT2D eigenvalue weighted by Crippen LogP contribution is -2.29. The Morgan fingerprint density at radius 2 is 2.00 bits per heavy atom. The second-order valence-corrected chi connectivity index (χ2v) is 5.80. The second kappa shape index (κ2) is 7.36. The molecule has 0 aromatic heterocycles. The number of hydrogen-bond donors (Lipinski definition) is 2. The van der Waals surface area contributed by atoms with Gasteiger partial charge in [-0.1, -0.05) is 18.2 Å². The van der Waals surface area contributed by atoms with Crippen LogP contribution in [0.5, 0.6) is 5.75 Å². The molecule has 1 aliphatic rings. The van der Waals surface area contributed by atoms with Crippen molar-refractivity contribution in [1.29, 1.82) is 0 Å². The second-order valence-electron chi connectivity index (χ2n) is 5.80. The fraction of sp³-hybridized carbons (Fsp3) is 0.263. The fourth-order valence-electron chi connectivity index (χ4n) is 2.83. The van der Waals surface area contributed by atoms with E-state index in [1.807, 2.05) is 18.2 Å². The van der Waals surface area contributed by atoms with Crippen LogP contribution in [0.15, 0.2) is 42.5 Å². The number of fused-ring (bicyclic) bond motifs is 1. The highest BCUT2D eigenvalue weighted by Gasteiger charge is 2.23. The summed E-state index contributed by atoms with van der Waals surface area (Å²) in [7, 11) is 1.36. The molecule has 6 nitrogen and oxygen atoms in total. The molecule has 0 amide bonds. The van der Waals surface area contributed by atoms with Crippen LogP contribution >= 0.6 is 0 Å². The van der Waals surface area contributed by atoms with Gasteiger partial charge in [0.1, 0.15) is 11.8 Å². The van der Waals surface area contributed by atoms with Crippen molar-refractivity contribution in [3.8, 4) is 5.75 Å². The summed E-state index contributed by atoms with van der Waals surface area (Å²) >= 11 is 0. The Morgan fingerprint density at radius 1 is 1.24 bits per heavy atom. The number of nitrogens with one attached hydrogen (secondary N) is 1. The number of methoxy groups -OCH3 is 1. The first kappa shape index (κ1) is 17.0. The van der Waals surface area contributed by atoms with E-state index in [-0.39, 0.29) is 11.5 Å². The highest BCUT2D eigenvalue weighted by molar-refractivity contribution is 5.87. The summed E-state index contributed by atoms with van der Waals surface area (Å²) in [4.78, 5) is 23.1. The van der Waals surface area contributed by atoms with E-state index >= 15 is 0 Å². The standard InChI is InChI=1S/C19H19NO5/c1-24-19(23)17(15-6-7-16-14(10-15)8-9-25-16)20-11-12-2-4-13(5-3-12)18(21)22/h2-7,10,17,20H,8-9,11H2,1H3,(H,21,22). The highest BCUT2D eigenvalue weighted by atomic mass is 16.5. The van der Waals surface area contributed by atoms with E-state index in [9.17, 15) is 9.59 Å². The van der Waals surface area contributed by atoms with E-state index in [4.69, 9.17) is 14.6 Å². The van der Waals surface area contributed by atoms with Crippen LogP contribution in [0.4, 0.5) is 0 Å². The first-order valence-electron chi connectivity index (χ1n) is 7.97. The topological polar surface area (TPSA) is 84.9 Å². The maximum absolute atomic E-state index is 12.2. The molecule has 130 valence electrons. The molecule has 0 aliphatic carbocycles. The van der Waals surface area contributed by atoms with Gasteiger partial charge in [0.05, 0.1) is 19.3 Å². The molecule has 1 unspecified atom stereocenters. The summed E-state index contributed by atoms with van der Waals surface area (Å²) in [6, 6.07) is 11.6. The molecule has 6 heteroatoms. The Bertz CT molecular complexity index is 785. The number of esters is 1. The minimum atomic E-state index is -0.965. The normalized spacial score (nSPS) is 13.6. The predicted octanol–water partition coefficient (Wildman–Crippen LogP) is 2.32. The van der Waals surface area contributed by atoms with Crippen LogP contribution in [0, 0.1) is 0 Å². The van der Waals surface area contributed by atoms with Gasteiger partial charge in [0.2, 0.25) is 0 Å². The van der Waals surface area contributed by atoms with Crippen molar-refractivity contribution in [2.75, 3.05) is 13.7 Å². The molecule has 2 N–H and O–H groups in total. The predicted molar refractivity (Wildman–Crippen MR) is 90.6 cm³/mol. The van der Waals surface area contributed by atoms with Crippen LogP contribution in [-0.2, 0) is 22.5 Å². The SMILES string of the molecule is COC(=O)C(NCc1ccc(C(=O)O)cc1)c1ccc2c(c1)CCO2. The molecular weight excluding hydrogens is 322 g/mol. The lowest BCUT2D eigenvalue weighted by molar-refractivity contribution is -0.143. The average molecular weight is 341 g/mol. The quantitative estimate of drug-likeness (QED) is 0.785. The fourth-order valence-corrected chi connectivity index (χ4v) is 2.83. The Hall–Kier alpha value is -2.86. The summed E-state index contributed by atoms with van der Waals surface area (Å²) in [5.41, 5.74) is 3.01. The molecule has 0 spiro atoms. The highest BCUT2D eigenvalue weighted by Crippen LogP contribution is 2.28. The first-order valence-corrected chi connectivity index (χ1v) is 7.97. The summed E-state index contributed by atoms with van der Waals surface area (Å²) in [5, 5.41) is 12.1. The molecule has 1 heterocycles. The van der Waals surface area contributed by atoms with Crippen molar-refractivity contribution in [3.05, 3.63) is 64.7 Å². The first-order chi connectivity index (χ1) is 12.1. The number of hydrogen-bond acceptors (Lipinski definition) is 5.